The van der Waals surface area contributed by atoms with Crippen LogP contribution < -0.4 is 5.56 Å². The molecule has 6 heteroatoms. The number of cyclic esters (lactones) is 1. The van der Waals surface area contributed by atoms with Gasteiger partial charge >= 0.3 is 5.97 Å². The van der Waals surface area contributed by atoms with Crippen molar-refractivity contribution in [2.45, 2.75) is 32.5 Å². The number of fused-ring (bicyclic) bond motifs is 1. The summed E-state index contributed by atoms with van der Waals surface area (Å²) in [6.45, 7) is 3.00. The van der Waals surface area contributed by atoms with Crippen molar-refractivity contribution in [3.05, 3.63) is 33.2 Å². The summed E-state index contributed by atoms with van der Waals surface area (Å²) in [6.07, 6.45) is 0.110. The maximum absolute atomic E-state index is 11.8. The quantitative estimate of drug-likeness (QED) is 0.522. The molecule has 18 heavy (non-hydrogen) atoms. The average Bonchev–Trinajstić information content (AvgIpc) is 2.33. The summed E-state index contributed by atoms with van der Waals surface area (Å²) >= 11 is 0. The molecule has 1 atom stereocenters. The molecule has 2 heterocycles. The minimum Gasteiger partial charge on any atom is -0.458 e. The number of esters is 1. The molecule has 0 amide bonds. The molecule has 0 bridgehead atoms. The first kappa shape index (κ1) is 12.5. The minimum absolute atomic E-state index is 0.110. The molecule has 96 valence electrons. The SMILES string of the molecule is CC[C@@]1(O)C(=O)OCc2c1cc(C(C)=N)[nH]c2=O. The molecule has 0 radical (unpaired) electrons. The summed E-state index contributed by atoms with van der Waals surface area (Å²) in [4.78, 5) is 26.0. The number of hydrogen-bond donors (Lipinski definition) is 3. The van der Waals surface area contributed by atoms with Crippen LogP contribution in [0.5, 0.6) is 0 Å². The lowest BCUT2D eigenvalue weighted by Gasteiger charge is -2.31. The summed E-state index contributed by atoms with van der Waals surface area (Å²) in [5, 5.41) is 17.9. The monoisotopic (exact) mass is 250 g/mol. The standard InChI is InChI=1S/C12H14N2O4/c1-3-12(17)8-4-9(6(2)13)14-10(15)7(8)5-18-11(12)16/h4,13,17H,3,5H2,1-2H3,(H,14,15)/t12-/m0/s1. The lowest BCUT2D eigenvalue weighted by Crippen LogP contribution is -2.43. The van der Waals surface area contributed by atoms with Crippen molar-refractivity contribution in [2.24, 2.45) is 0 Å². The molecule has 1 aromatic heterocycles. The maximum Gasteiger partial charge on any atom is 0.343 e. The van der Waals surface area contributed by atoms with E-state index in [0.717, 1.165) is 0 Å². The Morgan fingerprint density at radius 1 is 1.61 bits per heavy atom. The molecule has 1 aliphatic rings. The van der Waals surface area contributed by atoms with Crippen LogP contribution in [0, 0.1) is 5.41 Å². The Morgan fingerprint density at radius 2 is 2.28 bits per heavy atom. The Labute approximate surface area is 103 Å². The van der Waals surface area contributed by atoms with Gasteiger partial charge in [-0.2, -0.15) is 0 Å². The van der Waals surface area contributed by atoms with E-state index in [1.807, 2.05) is 0 Å². The Bertz CT molecular complexity index is 590. The molecular formula is C12H14N2O4. The highest BCUT2D eigenvalue weighted by Gasteiger charge is 2.44. The van der Waals surface area contributed by atoms with E-state index in [9.17, 15) is 14.7 Å². The number of H-pyrrole nitrogens is 1. The largest absolute Gasteiger partial charge is 0.458 e. The van der Waals surface area contributed by atoms with Crippen LogP contribution in [0.3, 0.4) is 0 Å². The number of hydrogen-bond acceptors (Lipinski definition) is 5. The van der Waals surface area contributed by atoms with Gasteiger partial charge in [0.1, 0.15) is 6.61 Å². The zero-order valence-corrected chi connectivity index (χ0v) is 10.2. The van der Waals surface area contributed by atoms with Crippen molar-refractivity contribution in [1.29, 1.82) is 5.41 Å². The Hall–Kier alpha value is -1.95. The highest BCUT2D eigenvalue weighted by Crippen LogP contribution is 2.32. The summed E-state index contributed by atoms with van der Waals surface area (Å²) in [5.41, 5.74) is -1.30. The van der Waals surface area contributed by atoms with Gasteiger partial charge in [0.2, 0.25) is 0 Å². The van der Waals surface area contributed by atoms with Crippen LogP contribution >= 0.6 is 0 Å². The van der Waals surface area contributed by atoms with Gasteiger partial charge in [-0.1, -0.05) is 6.92 Å². The van der Waals surface area contributed by atoms with Crippen LogP contribution in [0.4, 0.5) is 0 Å². The van der Waals surface area contributed by atoms with E-state index >= 15 is 0 Å². The number of aliphatic hydroxyl groups is 1. The first-order valence-corrected chi connectivity index (χ1v) is 5.62. The lowest BCUT2D eigenvalue weighted by molar-refractivity contribution is -0.172. The van der Waals surface area contributed by atoms with Gasteiger partial charge in [-0.05, 0) is 19.4 Å². The zero-order valence-electron chi connectivity index (χ0n) is 10.2. The highest BCUT2D eigenvalue weighted by atomic mass is 16.6. The van der Waals surface area contributed by atoms with Gasteiger partial charge < -0.3 is 20.2 Å². The molecule has 0 unspecified atom stereocenters. The fourth-order valence-electron chi connectivity index (χ4n) is 2.00. The van der Waals surface area contributed by atoms with Crippen LogP contribution in [-0.4, -0.2) is 21.8 Å². The van der Waals surface area contributed by atoms with Crippen molar-refractivity contribution < 1.29 is 14.6 Å². The normalized spacial score (nSPS) is 22.3. The number of ether oxygens (including phenoxy) is 1. The van der Waals surface area contributed by atoms with E-state index in [-0.39, 0.29) is 29.9 Å². The molecule has 0 saturated heterocycles. The van der Waals surface area contributed by atoms with Gasteiger partial charge in [-0.25, -0.2) is 4.79 Å². The smallest absolute Gasteiger partial charge is 0.343 e. The summed E-state index contributed by atoms with van der Waals surface area (Å²) in [6, 6.07) is 1.48. The number of aromatic amines is 1. The molecular weight excluding hydrogens is 236 g/mol. The summed E-state index contributed by atoms with van der Waals surface area (Å²) in [7, 11) is 0. The molecule has 1 aliphatic heterocycles. The van der Waals surface area contributed by atoms with E-state index in [1.165, 1.54) is 13.0 Å². The average molecular weight is 250 g/mol. The fraction of sp³-hybridized carbons (Fsp3) is 0.417. The number of pyridine rings is 1. The second kappa shape index (κ2) is 4.06. The van der Waals surface area contributed by atoms with E-state index < -0.39 is 17.1 Å². The van der Waals surface area contributed by atoms with E-state index in [4.69, 9.17) is 10.1 Å². The Kier molecular flexibility index (Phi) is 2.82. The predicted molar refractivity (Wildman–Crippen MR) is 63.5 cm³/mol. The van der Waals surface area contributed by atoms with Gasteiger partial charge in [-0.3, -0.25) is 4.79 Å². The number of carbonyl (C=O) groups excluding carboxylic acids is 1. The van der Waals surface area contributed by atoms with Crippen molar-refractivity contribution in [3.8, 4) is 0 Å². The highest BCUT2D eigenvalue weighted by molar-refractivity contribution is 5.95. The summed E-state index contributed by atoms with van der Waals surface area (Å²) in [5.74, 6) is -0.753. The molecule has 0 aliphatic carbocycles. The van der Waals surface area contributed by atoms with Gasteiger partial charge in [0.15, 0.2) is 5.60 Å². The van der Waals surface area contributed by atoms with Gasteiger partial charge in [0, 0.05) is 5.56 Å². The Balaban J connectivity index is 2.74. The number of carbonyl (C=O) groups is 1. The second-order valence-electron chi connectivity index (χ2n) is 4.32. The van der Waals surface area contributed by atoms with E-state index in [0.29, 0.717) is 5.69 Å². The van der Waals surface area contributed by atoms with Crippen LogP contribution in [0.15, 0.2) is 10.9 Å². The molecule has 0 fully saturated rings. The van der Waals surface area contributed by atoms with Crippen molar-refractivity contribution >= 4 is 11.7 Å². The number of aromatic nitrogens is 1. The van der Waals surface area contributed by atoms with Crippen LogP contribution in [-0.2, 0) is 21.7 Å². The van der Waals surface area contributed by atoms with Gasteiger partial charge in [0.25, 0.3) is 5.56 Å². The van der Waals surface area contributed by atoms with E-state index in [2.05, 4.69) is 4.98 Å². The molecule has 3 N–H and O–H groups in total. The predicted octanol–water partition coefficient (Wildman–Crippen LogP) is 0.417. The van der Waals surface area contributed by atoms with Gasteiger partial charge in [-0.15, -0.1) is 0 Å². The third-order valence-corrected chi connectivity index (χ3v) is 3.18. The third kappa shape index (κ3) is 1.65. The third-order valence-electron chi connectivity index (χ3n) is 3.18. The first-order valence-electron chi connectivity index (χ1n) is 5.62. The number of nitrogens with one attached hydrogen (secondary N) is 2. The molecule has 0 saturated carbocycles. The first-order chi connectivity index (χ1) is 8.40. The molecule has 2 rings (SSSR count). The van der Waals surface area contributed by atoms with Gasteiger partial charge in [0.05, 0.1) is 17.0 Å². The van der Waals surface area contributed by atoms with Crippen molar-refractivity contribution in [1.82, 2.24) is 4.98 Å². The minimum atomic E-state index is -1.80. The topological polar surface area (TPSA) is 103 Å². The van der Waals surface area contributed by atoms with Crippen LogP contribution in [0.1, 0.15) is 37.1 Å². The summed E-state index contributed by atoms with van der Waals surface area (Å²) < 4.78 is 4.83. The van der Waals surface area contributed by atoms with Crippen molar-refractivity contribution in [3.63, 3.8) is 0 Å². The van der Waals surface area contributed by atoms with E-state index in [1.54, 1.807) is 6.92 Å². The molecule has 6 nitrogen and oxygen atoms in total. The molecule has 0 spiro atoms. The van der Waals surface area contributed by atoms with Crippen LogP contribution in [0.2, 0.25) is 0 Å². The van der Waals surface area contributed by atoms with Crippen molar-refractivity contribution in [2.75, 3.05) is 0 Å². The second-order valence-corrected chi connectivity index (χ2v) is 4.32. The maximum atomic E-state index is 11.8. The Morgan fingerprint density at radius 3 is 2.83 bits per heavy atom. The zero-order chi connectivity index (χ0) is 13.5. The molecule has 1 aromatic rings. The lowest BCUT2D eigenvalue weighted by atomic mass is 9.86. The van der Waals surface area contributed by atoms with Crippen LogP contribution in [0.25, 0.3) is 0 Å². The molecule has 0 aromatic carbocycles. The number of rotatable bonds is 2. The fourth-order valence-corrected chi connectivity index (χ4v) is 2.00.